The van der Waals surface area contributed by atoms with Gasteiger partial charge in [0.15, 0.2) is 0 Å². The summed E-state index contributed by atoms with van der Waals surface area (Å²) in [5, 5.41) is 10.7. The quantitative estimate of drug-likeness (QED) is 0.0390. The fourth-order valence-electron chi connectivity index (χ4n) is 10.7. The van der Waals surface area contributed by atoms with Crippen LogP contribution in [-0.4, -0.2) is 68.2 Å². The molecule has 9 aromatic rings. The second-order valence-electron chi connectivity index (χ2n) is 21.4. The highest BCUT2D eigenvalue weighted by Crippen LogP contribution is 2.41. The molecule has 0 aromatic heterocycles. The normalized spacial score (nSPS) is 14.6. The van der Waals surface area contributed by atoms with Crippen LogP contribution >= 0.6 is 0 Å². The van der Waals surface area contributed by atoms with Crippen molar-refractivity contribution >= 4 is 0 Å². The molecule has 84 heavy (non-hydrogen) atoms. The summed E-state index contributed by atoms with van der Waals surface area (Å²) in [6, 6.07) is 92.1. The molecule has 0 amide bonds. The Morgan fingerprint density at radius 3 is 0.857 bits per heavy atom. The predicted octanol–water partition coefficient (Wildman–Crippen LogP) is 14.8. The largest absolute Gasteiger partial charge is 0.396 e. The molecule has 0 radical (unpaired) electrons. The minimum Gasteiger partial charge on any atom is -0.396 e. The van der Waals surface area contributed by atoms with Crippen molar-refractivity contribution < 1.29 is 43.0 Å². The van der Waals surface area contributed by atoms with Crippen LogP contribution in [0.5, 0.6) is 0 Å². The van der Waals surface area contributed by atoms with Gasteiger partial charge in [-0.25, -0.2) is 0 Å². The fourth-order valence-corrected chi connectivity index (χ4v) is 10.7. The molecule has 9 heteroatoms. The van der Waals surface area contributed by atoms with E-state index in [4.69, 9.17) is 37.9 Å². The van der Waals surface area contributed by atoms with Gasteiger partial charge in [0, 0.05) is 18.4 Å². The van der Waals surface area contributed by atoms with E-state index in [1.54, 1.807) is 0 Å². The Balaban J connectivity index is 1.13. The third kappa shape index (κ3) is 17.8. The van der Waals surface area contributed by atoms with Crippen LogP contribution < -0.4 is 0 Å². The molecule has 0 bridgehead atoms. The Hall–Kier alpha value is -7.38. The van der Waals surface area contributed by atoms with Crippen molar-refractivity contribution in [3.8, 4) is 0 Å². The molecular weight excluding hydrogens is 1040 g/mol. The highest BCUT2D eigenvalue weighted by atomic mass is 16.6. The Morgan fingerprint density at radius 2 is 0.548 bits per heavy atom. The Kier molecular flexibility index (Phi) is 24.2. The third-order valence-electron chi connectivity index (χ3n) is 15.4. The van der Waals surface area contributed by atoms with Gasteiger partial charge in [0.2, 0.25) is 0 Å². The molecule has 9 aromatic carbocycles. The number of aliphatic hydroxyl groups excluding tert-OH is 1. The Labute approximate surface area is 497 Å². The summed E-state index contributed by atoms with van der Waals surface area (Å²) in [5.41, 5.74) is 7.79. The van der Waals surface area contributed by atoms with Gasteiger partial charge in [-0.3, -0.25) is 0 Å². The molecule has 0 aliphatic rings. The second kappa shape index (κ2) is 33.2. The monoisotopic (exact) mass is 1120 g/mol. The maximum Gasteiger partial charge on any atom is 0.143 e. The topological polar surface area (TPSA) is 94.1 Å². The van der Waals surface area contributed by atoms with E-state index in [2.05, 4.69) is 153 Å². The minimum absolute atomic E-state index is 0.0583. The van der Waals surface area contributed by atoms with Crippen molar-refractivity contribution in [2.24, 2.45) is 11.8 Å². The predicted molar refractivity (Wildman–Crippen MR) is 332 cm³/mol. The smallest absolute Gasteiger partial charge is 0.143 e. The summed E-state index contributed by atoms with van der Waals surface area (Å²) >= 11 is 0. The zero-order chi connectivity index (χ0) is 57.9. The molecular formula is C75H80O9. The van der Waals surface area contributed by atoms with Gasteiger partial charge in [-0.1, -0.05) is 287 Å². The molecule has 0 fully saturated rings. The van der Waals surface area contributed by atoms with Crippen molar-refractivity contribution in [2.45, 2.75) is 95.7 Å². The highest BCUT2D eigenvalue weighted by Gasteiger charge is 2.43. The van der Waals surface area contributed by atoms with E-state index in [-0.39, 0.29) is 70.8 Å². The molecule has 0 heterocycles. The van der Waals surface area contributed by atoms with Gasteiger partial charge in [-0.2, -0.15) is 0 Å². The van der Waals surface area contributed by atoms with Crippen LogP contribution in [0.2, 0.25) is 0 Å². The van der Waals surface area contributed by atoms with Gasteiger partial charge in [-0.15, -0.1) is 0 Å². The van der Waals surface area contributed by atoms with Crippen molar-refractivity contribution in [1.29, 1.82) is 0 Å². The van der Waals surface area contributed by atoms with E-state index in [0.717, 1.165) is 50.1 Å². The number of ether oxygens (including phenoxy) is 8. The number of aliphatic hydroxyl groups is 1. The summed E-state index contributed by atoms with van der Waals surface area (Å²) in [6.07, 6.45) is -4.06. The summed E-state index contributed by atoms with van der Waals surface area (Å²) in [5.74, 6) is -0.423. The average Bonchev–Trinajstić information content (AvgIpc) is 3.75. The zero-order valence-electron chi connectivity index (χ0n) is 48.4. The zero-order valence-corrected chi connectivity index (χ0v) is 48.4. The second-order valence-corrected chi connectivity index (χ2v) is 21.4. The Bertz CT molecular complexity index is 3050. The lowest BCUT2D eigenvalue weighted by molar-refractivity contribution is -0.214. The van der Waals surface area contributed by atoms with Crippen LogP contribution in [0.1, 0.15) is 63.9 Å². The van der Waals surface area contributed by atoms with Gasteiger partial charge in [-0.05, 0) is 50.1 Å². The van der Waals surface area contributed by atoms with E-state index in [1.807, 2.05) is 134 Å². The average molecular weight is 1130 g/mol. The van der Waals surface area contributed by atoms with Crippen molar-refractivity contribution in [3.63, 3.8) is 0 Å². The molecule has 2 unspecified atom stereocenters. The third-order valence-corrected chi connectivity index (χ3v) is 15.4. The molecule has 0 saturated carbocycles. The fraction of sp³-hybridized carbons (Fsp3) is 0.280. The van der Waals surface area contributed by atoms with Crippen molar-refractivity contribution in [2.75, 3.05) is 26.4 Å². The molecule has 8 atom stereocenters. The first kappa shape index (κ1) is 61.2. The highest BCUT2D eigenvalue weighted by molar-refractivity contribution is 5.47. The van der Waals surface area contributed by atoms with Gasteiger partial charge < -0.3 is 43.0 Å². The van der Waals surface area contributed by atoms with Crippen LogP contribution in [0.15, 0.2) is 273 Å². The van der Waals surface area contributed by atoms with Crippen LogP contribution in [0.3, 0.4) is 0 Å². The van der Waals surface area contributed by atoms with Crippen LogP contribution in [0.4, 0.5) is 0 Å². The van der Waals surface area contributed by atoms with E-state index < -0.39 is 36.1 Å². The lowest BCUT2D eigenvalue weighted by Crippen LogP contribution is -2.53. The van der Waals surface area contributed by atoms with Crippen LogP contribution in [-0.2, 0) is 83.1 Å². The number of hydrogen-bond acceptors (Lipinski definition) is 9. The van der Waals surface area contributed by atoms with E-state index >= 15 is 0 Å². The molecule has 434 valence electrons. The van der Waals surface area contributed by atoms with Crippen LogP contribution in [0, 0.1) is 11.8 Å². The molecule has 9 nitrogen and oxygen atoms in total. The van der Waals surface area contributed by atoms with Gasteiger partial charge >= 0.3 is 0 Å². The van der Waals surface area contributed by atoms with Gasteiger partial charge in [0.05, 0.1) is 71.7 Å². The molecule has 0 saturated heterocycles. The molecule has 9 rings (SSSR count). The van der Waals surface area contributed by atoms with E-state index in [0.29, 0.717) is 13.2 Å². The minimum atomic E-state index is -1.09. The SMILES string of the molecule is C[C@H](CO)C(OCc1ccccc1)[C@H](C)[C@@H](COC[C@H](OCc1ccccc1)[C@H](OCc1ccccc1)C(OCc1ccccc1)[C@H](COC(c1ccccc1)(c1ccccc1)c1ccccc1)OCc1ccccc1)OCc1ccccc1. The van der Waals surface area contributed by atoms with Crippen LogP contribution in [0.25, 0.3) is 0 Å². The number of rotatable bonds is 35. The van der Waals surface area contributed by atoms with Gasteiger partial charge in [0.25, 0.3) is 0 Å². The maximum absolute atomic E-state index is 10.7. The molecule has 0 aliphatic heterocycles. The van der Waals surface area contributed by atoms with Gasteiger partial charge in [0.1, 0.15) is 30.0 Å². The first-order valence-corrected chi connectivity index (χ1v) is 29.4. The van der Waals surface area contributed by atoms with E-state index in [1.165, 1.54) is 0 Å². The number of benzene rings is 9. The standard InChI is InChI=1S/C75H80O9/c1-58(48-76)72(81-52-63-36-18-6-19-37-63)59(2)69(78-49-60-30-12-3-13-31-60)55-77-56-70(79-50-61-32-14-4-15-33-61)73(82-53-64-38-20-7-21-39-64)74(83-54-65-40-22-8-23-41-65)71(80-51-62-34-16-5-17-35-62)57-84-75(66-42-24-9-25-43-66,67-44-26-10-27-45-67)68-46-28-11-29-47-68/h3-47,58-59,69-74,76H,48-57H2,1-2H3/t58-,59-,69-,70+,71+,72?,73+,74?/m1/s1. The lowest BCUT2D eigenvalue weighted by Gasteiger charge is -2.41. The maximum atomic E-state index is 10.7. The first-order chi connectivity index (χ1) is 41.5. The first-order valence-electron chi connectivity index (χ1n) is 29.4. The summed E-state index contributed by atoms with van der Waals surface area (Å²) in [4.78, 5) is 0. The number of hydrogen-bond donors (Lipinski definition) is 1. The molecule has 0 aliphatic carbocycles. The van der Waals surface area contributed by atoms with E-state index in [9.17, 15) is 5.11 Å². The Morgan fingerprint density at radius 1 is 0.298 bits per heavy atom. The molecule has 1 N–H and O–H groups in total. The lowest BCUT2D eigenvalue weighted by atomic mass is 9.80. The summed E-state index contributed by atoms with van der Waals surface area (Å²) in [7, 11) is 0. The summed E-state index contributed by atoms with van der Waals surface area (Å²) < 4.78 is 57.7. The summed E-state index contributed by atoms with van der Waals surface area (Å²) in [6.45, 7) is 6.10. The van der Waals surface area contributed by atoms with Crippen molar-refractivity contribution in [3.05, 3.63) is 323 Å². The van der Waals surface area contributed by atoms with Crippen molar-refractivity contribution in [1.82, 2.24) is 0 Å². The molecule has 0 spiro atoms.